The van der Waals surface area contributed by atoms with Crippen LogP contribution in [0.25, 0.3) is 11.0 Å². The highest BCUT2D eigenvalue weighted by Gasteiger charge is 2.32. The Kier molecular flexibility index (Phi) is 3.52. The molecule has 0 aliphatic heterocycles. The lowest BCUT2D eigenvalue weighted by atomic mass is 9.77. The van der Waals surface area contributed by atoms with E-state index in [-0.39, 0.29) is 11.5 Å². The number of halogens is 1. The highest BCUT2D eigenvalue weighted by Crippen LogP contribution is 2.38. The number of rotatable bonds is 3. The van der Waals surface area contributed by atoms with Crippen molar-refractivity contribution in [2.45, 2.75) is 25.3 Å². The third-order valence-electron chi connectivity index (χ3n) is 4.12. The van der Waals surface area contributed by atoms with Crippen LogP contribution in [0, 0.1) is 0 Å². The smallest absolute Gasteiger partial charge is 0.152 e. The van der Waals surface area contributed by atoms with Crippen molar-refractivity contribution in [3.05, 3.63) is 70.9 Å². The Bertz CT molecular complexity index is 761. The number of nitrogens with two attached hydrogens (primary N) is 1. The van der Waals surface area contributed by atoms with Crippen molar-refractivity contribution < 1.29 is 4.42 Å². The van der Waals surface area contributed by atoms with Crippen molar-refractivity contribution in [2.75, 3.05) is 0 Å². The third kappa shape index (κ3) is 2.45. The van der Waals surface area contributed by atoms with Gasteiger partial charge in [0.15, 0.2) is 5.58 Å². The van der Waals surface area contributed by atoms with E-state index in [0.717, 1.165) is 11.1 Å². The molecule has 21 heavy (non-hydrogen) atoms. The Morgan fingerprint density at radius 1 is 1.05 bits per heavy atom. The lowest BCUT2D eigenvalue weighted by Crippen LogP contribution is -2.32. The number of benzene rings is 2. The summed E-state index contributed by atoms with van der Waals surface area (Å²) < 4.78 is 5.91. The molecule has 108 valence electrons. The molecule has 0 fully saturated rings. The highest BCUT2D eigenvalue weighted by atomic mass is 35.5. The van der Waals surface area contributed by atoms with Gasteiger partial charge in [-0.3, -0.25) is 0 Å². The zero-order chi connectivity index (χ0) is 15.0. The second-order valence-electron chi connectivity index (χ2n) is 5.87. The van der Waals surface area contributed by atoms with Crippen LogP contribution >= 0.6 is 11.6 Å². The molecule has 1 atom stereocenters. The largest absolute Gasteiger partial charge is 0.458 e. The second kappa shape index (κ2) is 5.21. The molecule has 0 amide bonds. The van der Waals surface area contributed by atoms with Crippen molar-refractivity contribution in [3.63, 3.8) is 0 Å². The maximum Gasteiger partial charge on any atom is 0.152 e. The van der Waals surface area contributed by atoms with E-state index in [1.807, 2.05) is 42.5 Å². The first-order chi connectivity index (χ1) is 10.00. The summed E-state index contributed by atoms with van der Waals surface area (Å²) in [5, 5.41) is 1.60. The summed E-state index contributed by atoms with van der Waals surface area (Å²) >= 11 is 6.17. The van der Waals surface area contributed by atoms with Gasteiger partial charge in [0.1, 0.15) is 5.76 Å². The molecule has 1 aromatic heterocycles. The minimum atomic E-state index is -0.247. The van der Waals surface area contributed by atoms with Crippen LogP contribution in [0.4, 0.5) is 0 Å². The Labute approximate surface area is 129 Å². The Morgan fingerprint density at radius 2 is 1.76 bits per heavy atom. The van der Waals surface area contributed by atoms with E-state index in [2.05, 4.69) is 26.0 Å². The molecule has 2 nitrogen and oxygen atoms in total. The molecule has 0 saturated heterocycles. The normalized spacial score (nSPS) is 13.5. The lowest BCUT2D eigenvalue weighted by Gasteiger charge is -2.30. The Hall–Kier alpha value is -1.77. The second-order valence-corrected chi connectivity index (χ2v) is 6.28. The van der Waals surface area contributed by atoms with Crippen molar-refractivity contribution in [1.29, 1.82) is 0 Å². The van der Waals surface area contributed by atoms with Crippen LogP contribution in [0.1, 0.15) is 31.2 Å². The molecule has 1 unspecified atom stereocenters. The topological polar surface area (TPSA) is 39.2 Å². The lowest BCUT2D eigenvalue weighted by molar-refractivity contribution is 0.362. The maximum atomic E-state index is 6.48. The molecule has 3 heteroatoms. The van der Waals surface area contributed by atoms with E-state index in [4.69, 9.17) is 21.8 Å². The van der Waals surface area contributed by atoms with Crippen LogP contribution in [0.2, 0.25) is 5.02 Å². The minimum absolute atomic E-state index is 0.235. The van der Waals surface area contributed by atoms with E-state index < -0.39 is 0 Å². The molecule has 2 N–H and O–H groups in total. The van der Waals surface area contributed by atoms with Crippen LogP contribution in [-0.2, 0) is 5.41 Å². The van der Waals surface area contributed by atoms with E-state index >= 15 is 0 Å². The summed E-state index contributed by atoms with van der Waals surface area (Å²) in [6, 6.07) is 17.7. The Balaban J connectivity index is 2.04. The SMILES string of the molecule is CC(C)(c1ccccc1)C(N)c1cc2cccc(Cl)c2o1. The molecule has 0 aliphatic carbocycles. The van der Waals surface area contributed by atoms with Gasteiger partial charge < -0.3 is 10.2 Å². The predicted molar refractivity (Wildman–Crippen MR) is 87.6 cm³/mol. The van der Waals surface area contributed by atoms with Gasteiger partial charge in [-0.05, 0) is 17.7 Å². The predicted octanol–water partition coefficient (Wildman–Crippen LogP) is 5.06. The van der Waals surface area contributed by atoms with Gasteiger partial charge in [0.2, 0.25) is 0 Å². The molecule has 0 radical (unpaired) electrons. The molecule has 0 bridgehead atoms. The van der Waals surface area contributed by atoms with Gasteiger partial charge in [-0.1, -0.05) is 67.9 Å². The number of fused-ring (bicyclic) bond motifs is 1. The van der Waals surface area contributed by atoms with Gasteiger partial charge in [0.05, 0.1) is 11.1 Å². The summed E-state index contributed by atoms with van der Waals surface area (Å²) in [6.07, 6.45) is 0. The van der Waals surface area contributed by atoms with Gasteiger partial charge in [-0.15, -0.1) is 0 Å². The standard InChI is InChI=1S/C18H18ClNO/c1-18(2,13-8-4-3-5-9-13)17(20)15-11-12-7-6-10-14(19)16(12)21-15/h3-11,17H,20H2,1-2H3. The first-order valence-corrected chi connectivity index (χ1v) is 7.37. The first kappa shape index (κ1) is 14.2. The van der Waals surface area contributed by atoms with Crippen molar-refractivity contribution in [1.82, 2.24) is 0 Å². The summed E-state index contributed by atoms with van der Waals surface area (Å²) in [5.41, 5.74) is 8.13. The van der Waals surface area contributed by atoms with Crippen LogP contribution in [0.3, 0.4) is 0 Å². The van der Waals surface area contributed by atoms with Crippen molar-refractivity contribution in [2.24, 2.45) is 5.73 Å². The summed E-state index contributed by atoms with van der Waals surface area (Å²) in [6.45, 7) is 4.25. The number of para-hydroxylation sites is 1. The molecule has 1 heterocycles. The fraction of sp³-hybridized carbons (Fsp3) is 0.222. The highest BCUT2D eigenvalue weighted by molar-refractivity contribution is 6.34. The number of hydrogen-bond donors (Lipinski definition) is 1. The fourth-order valence-corrected chi connectivity index (χ4v) is 2.82. The zero-order valence-electron chi connectivity index (χ0n) is 12.1. The molecule has 3 aromatic rings. The zero-order valence-corrected chi connectivity index (χ0v) is 12.9. The average molecular weight is 300 g/mol. The molecule has 2 aromatic carbocycles. The molecule has 0 spiro atoms. The van der Waals surface area contributed by atoms with Crippen LogP contribution in [0.15, 0.2) is 59.0 Å². The molecule has 0 saturated carbocycles. The monoisotopic (exact) mass is 299 g/mol. The van der Waals surface area contributed by atoms with Crippen LogP contribution in [0.5, 0.6) is 0 Å². The number of furan rings is 1. The molecular weight excluding hydrogens is 282 g/mol. The van der Waals surface area contributed by atoms with Gasteiger partial charge in [0, 0.05) is 10.8 Å². The van der Waals surface area contributed by atoms with E-state index in [1.54, 1.807) is 0 Å². The van der Waals surface area contributed by atoms with Gasteiger partial charge in [-0.25, -0.2) is 0 Å². The van der Waals surface area contributed by atoms with Crippen LogP contribution < -0.4 is 5.73 Å². The van der Waals surface area contributed by atoms with Crippen LogP contribution in [-0.4, -0.2) is 0 Å². The van der Waals surface area contributed by atoms with E-state index in [1.165, 1.54) is 5.56 Å². The van der Waals surface area contributed by atoms with Crippen molar-refractivity contribution in [3.8, 4) is 0 Å². The summed E-state index contributed by atoms with van der Waals surface area (Å²) in [7, 11) is 0. The van der Waals surface area contributed by atoms with E-state index in [9.17, 15) is 0 Å². The van der Waals surface area contributed by atoms with E-state index in [0.29, 0.717) is 10.6 Å². The van der Waals surface area contributed by atoms with Gasteiger partial charge in [0.25, 0.3) is 0 Å². The number of hydrogen-bond acceptors (Lipinski definition) is 2. The van der Waals surface area contributed by atoms with Crippen molar-refractivity contribution >= 4 is 22.6 Å². The third-order valence-corrected chi connectivity index (χ3v) is 4.41. The minimum Gasteiger partial charge on any atom is -0.458 e. The fourth-order valence-electron chi connectivity index (χ4n) is 2.60. The average Bonchev–Trinajstić information content (AvgIpc) is 2.93. The molecular formula is C18H18ClNO. The Morgan fingerprint density at radius 3 is 2.43 bits per heavy atom. The first-order valence-electron chi connectivity index (χ1n) is 6.99. The molecule has 0 aliphatic rings. The quantitative estimate of drug-likeness (QED) is 0.734. The summed E-state index contributed by atoms with van der Waals surface area (Å²) in [5.74, 6) is 0.756. The summed E-state index contributed by atoms with van der Waals surface area (Å²) in [4.78, 5) is 0. The van der Waals surface area contributed by atoms with Gasteiger partial charge >= 0.3 is 0 Å². The molecule has 3 rings (SSSR count). The van der Waals surface area contributed by atoms with Gasteiger partial charge in [-0.2, -0.15) is 0 Å². The maximum absolute atomic E-state index is 6.48.